The molecule has 2 rings (SSSR count). The first-order valence-electron chi connectivity index (χ1n) is 6.27. The molecule has 1 aromatic rings. The molecule has 1 heterocycles. The number of amides is 1. The Bertz CT molecular complexity index is 430. The highest BCUT2D eigenvalue weighted by molar-refractivity contribution is 9.10. The number of aromatic nitrogens is 1. The molecule has 1 amide bonds. The molecule has 5 heteroatoms. The summed E-state index contributed by atoms with van der Waals surface area (Å²) in [6.07, 6.45) is 9.07. The predicted octanol–water partition coefficient (Wildman–Crippen LogP) is 2.83. The molecule has 1 aliphatic carbocycles. The average molecular weight is 312 g/mol. The van der Waals surface area contributed by atoms with Crippen molar-refractivity contribution in [2.24, 2.45) is 5.73 Å². The maximum atomic E-state index is 12.0. The quantitative estimate of drug-likeness (QED) is 0.902. The summed E-state index contributed by atoms with van der Waals surface area (Å²) in [5.41, 5.74) is 6.64. The molecule has 0 aliphatic heterocycles. The Morgan fingerprint density at radius 2 is 2.11 bits per heavy atom. The minimum Gasteiger partial charge on any atom is -0.325 e. The summed E-state index contributed by atoms with van der Waals surface area (Å²) in [5, 5.41) is 2.84. The third-order valence-electron chi connectivity index (χ3n) is 3.35. The number of carbonyl (C=O) groups is 1. The lowest BCUT2D eigenvalue weighted by atomic mass is 9.80. The number of hydrogen-bond donors (Lipinski definition) is 2. The van der Waals surface area contributed by atoms with Crippen molar-refractivity contribution in [3.05, 3.63) is 22.9 Å². The predicted molar refractivity (Wildman–Crippen MR) is 75.2 cm³/mol. The van der Waals surface area contributed by atoms with Crippen molar-refractivity contribution in [2.75, 3.05) is 5.32 Å². The number of anilines is 1. The molecule has 1 fully saturated rings. The Hall–Kier alpha value is -0.940. The SMILES string of the molecule is NC1(CC(=O)Nc2cncc(Br)c2)CCCCC1. The summed E-state index contributed by atoms with van der Waals surface area (Å²) >= 11 is 3.32. The summed E-state index contributed by atoms with van der Waals surface area (Å²) in [6.45, 7) is 0. The number of halogens is 1. The standard InChI is InChI=1S/C13H18BrN3O/c14-10-6-11(9-16-8-10)17-12(18)7-13(15)4-2-1-3-5-13/h6,8-9H,1-5,7,15H2,(H,17,18). The van der Waals surface area contributed by atoms with Gasteiger partial charge < -0.3 is 11.1 Å². The molecule has 0 aromatic carbocycles. The van der Waals surface area contributed by atoms with Crippen LogP contribution in [-0.2, 0) is 4.79 Å². The van der Waals surface area contributed by atoms with Crippen molar-refractivity contribution in [3.8, 4) is 0 Å². The molecular formula is C13H18BrN3O. The van der Waals surface area contributed by atoms with Crippen molar-refractivity contribution in [2.45, 2.75) is 44.1 Å². The first-order valence-corrected chi connectivity index (χ1v) is 7.06. The summed E-state index contributed by atoms with van der Waals surface area (Å²) < 4.78 is 0.848. The Labute approximate surface area is 115 Å². The van der Waals surface area contributed by atoms with E-state index < -0.39 is 0 Å². The average Bonchev–Trinajstić information content (AvgIpc) is 2.28. The van der Waals surface area contributed by atoms with E-state index in [4.69, 9.17) is 5.73 Å². The molecule has 0 spiro atoms. The number of pyridine rings is 1. The maximum Gasteiger partial charge on any atom is 0.226 e. The van der Waals surface area contributed by atoms with Gasteiger partial charge in [0.1, 0.15) is 0 Å². The van der Waals surface area contributed by atoms with Gasteiger partial charge in [-0.25, -0.2) is 0 Å². The van der Waals surface area contributed by atoms with E-state index in [9.17, 15) is 4.79 Å². The molecule has 18 heavy (non-hydrogen) atoms. The minimum absolute atomic E-state index is 0.0284. The Kier molecular flexibility index (Phi) is 4.35. The highest BCUT2D eigenvalue weighted by Gasteiger charge is 2.29. The second kappa shape index (κ2) is 5.80. The van der Waals surface area contributed by atoms with Crippen LogP contribution in [0.25, 0.3) is 0 Å². The van der Waals surface area contributed by atoms with Crippen LogP contribution in [0.2, 0.25) is 0 Å². The van der Waals surface area contributed by atoms with Crippen LogP contribution >= 0.6 is 15.9 Å². The first-order chi connectivity index (χ1) is 8.57. The zero-order valence-electron chi connectivity index (χ0n) is 10.3. The van der Waals surface area contributed by atoms with Gasteiger partial charge in [0, 0.05) is 22.6 Å². The van der Waals surface area contributed by atoms with Gasteiger partial charge in [0.15, 0.2) is 0 Å². The molecule has 1 aromatic heterocycles. The highest BCUT2D eigenvalue weighted by Crippen LogP contribution is 2.29. The number of nitrogens with two attached hydrogens (primary N) is 1. The van der Waals surface area contributed by atoms with Crippen LogP contribution in [0.3, 0.4) is 0 Å². The fraction of sp³-hybridized carbons (Fsp3) is 0.538. The Balaban J connectivity index is 1.92. The van der Waals surface area contributed by atoms with Gasteiger partial charge in [0.2, 0.25) is 5.91 Å². The van der Waals surface area contributed by atoms with E-state index >= 15 is 0 Å². The van der Waals surface area contributed by atoms with Crippen LogP contribution in [-0.4, -0.2) is 16.4 Å². The van der Waals surface area contributed by atoms with E-state index in [1.54, 1.807) is 12.4 Å². The lowest BCUT2D eigenvalue weighted by molar-refractivity contribution is -0.117. The van der Waals surface area contributed by atoms with Crippen molar-refractivity contribution in [1.82, 2.24) is 4.98 Å². The van der Waals surface area contributed by atoms with Crippen LogP contribution in [0.4, 0.5) is 5.69 Å². The number of nitrogens with zero attached hydrogens (tertiary/aromatic N) is 1. The van der Waals surface area contributed by atoms with Gasteiger partial charge in [-0.2, -0.15) is 0 Å². The molecule has 0 bridgehead atoms. The van der Waals surface area contributed by atoms with Crippen LogP contribution in [0, 0.1) is 0 Å². The van der Waals surface area contributed by atoms with Gasteiger partial charge in [0.05, 0.1) is 11.9 Å². The van der Waals surface area contributed by atoms with E-state index in [2.05, 4.69) is 26.2 Å². The molecule has 0 unspecified atom stereocenters. The fourth-order valence-electron chi connectivity index (χ4n) is 2.44. The molecule has 98 valence electrons. The number of nitrogens with one attached hydrogen (secondary N) is 1. The van der Waals surface area contributed by atoms with Gasteiger partial charge in [-0.1, -0.05) is 19.3 Å². The van der Waals surface area contributed by atoms with E-state index in [0.29, 0.717) is 12.1 Å². The van der Waals surface area contributed by atoms with Gasteiger partial charge >= 0.3 is 0 Å². The van der Waals surface area contributed by atoms with Crippen molar-refractivity contribution in [1.29, 1.82) is 0 Å². The smallest absolute Gasteiger partial charge is 0.226 e. The summed E-state index contributed by atoms with van der Waals surface area (Å²) in [6, 6.07) is 1.83. The van der Waals surface area contributed by atoms with E-state index in [1.807, 2.05) is 6.07 Å². The Morgan fingerprint density at radius 3 is 2.78 bits per heavy atom. The Morgan fingerprint density at radius 1 is 1.39 bits per heavy atom. The van der Waals surface area contributed by atoms with Gasteiger partial charge in [-0.15, -0.1) is 0 Å². The fourth-order valence-corrected chi connectivity index (χ4v) is 2.80. The van der Waals surface area contributed by atoms with Crippen molar-refractivity contribution < 1.29 is 4.79 Å². The summed E-state index contributed by atoms with van der Waals surface area (Å²) in [5.74, 6) is -0.0284. The van der Waals surface area contributed by atoms with Gasteiger partial charge in [0.25, 0.3) is 0 Å². The molecule has 1 saturated carbocycles. The molecule has 0 saturated heterocycles. The summed E-state index contributed by atoms with van der Waals surface area (Å²) in [7, 11) is 0. The molecule has 0 radical (unpaired) electrons. The van der Waals surface area contributed by atoms with E-state index in [0.717, 1.165) is 30.2 Å². The topological polar surface area (TPSA) is 68.0 Å². The van der Waals surface area contributed by atoms with Gasteiger partial charge in [-0.3, -0.25) is 9.78 Å². The minimum atomic E-state index is -0.318. The van der Waals surface area contributed by atoms with Crippen LogP contribution in [0.1, 0.15) is 38.5 Å². The monoisotopic (exact) mass is 311 g/mol. The lowest BCUT2D eigenvalue weighted by Gasteiger charge is -2.32. The maximum absolute atomic E-state index is 12.0. The van der Waals surface area contributed by atoms with E-state index in [-0.39, 0.29) is 11.4 Å². The lowest BCUT2D eigenvalue weighted by Crippen LogP contribution is -2.44. The van der Waals surface area contributed by atoms with Crippen LogP contribution < -0.4 is 11.1 Å². The van der Waals surface area contributed by atoms with Gasteiger partial charge in [-0.05, 0) is 34.8 Å². The third-order valence-corrected chi connectivity index (χ3v) is 3.78. The van der Waals surface area contributed by atoms with Crippen LogP contribution in [0.5, 0.6) is 0 Å². The van der Waals surface area contributed by atoms with Crippen LogP contribution in [0.15, 0.2) is 22.9 Å². The van der Waals surface area contributed by atoms with E-state index in [1.165, 1.54) is 6.42 Å². The number of rotatable bonds is 3. The normalized spacial score (nSPS) is 18.3. The second-order valence-corrected chi connectivity index (χ2v) is 5.96. The second-order valence-electron chi connectivity index (χ2n) is 5.04. The number of carbonyl (C=O) groups excluding carboxylic acids is 1. The van der Waals surface area contributed by atoms with Crippen molar-refractivity contribution >= 4 is 27.5 Å². The molecule has 1 aliphatic rings. The third kappa shape index (κ3) is 3.78. The highest BCUT2D eigenvalue weighted by atomic mass is 79.9. The first kappa shape index (κ1) is 13.5. The van der Waals surface area contributed by atoms with Crippen molar-refractivity contribution in [3.63, 3.8) is 0 Å². The summed E-state index contributed by atoms with van der Waals surface area (Å²) in [4.78, 5) is 16.0. The molecule has 0 atom stereocenters. The molecule has 3 N–H and O–H groups in total. The number of hydrogen-bond acceptors (Lipinski definition) is 3. The molecule has 4 nitrogen and oxygen atoms in total. The zero-order valence-corrected chi connectivity index (χ0v) is 11.9. The zero-order chi connectivity index (χ0) is 13.0. The largest absolute Gasteiger partial charge is 0.325 e. The molecular weight excluding hydrogens is 294 g/mol.